The third-order valence-corrected chi connectivity index (χ3v) is 6.16. The molecule has 1 aromatic carbocycles. The molecule has 0 saturated heterocycles. The molecule has 0 aromatic heterocycles. The number of hydrogen-bond acceptors (Lipinski definition) is 3. The van der Waals surface area contributed by atoms with Crippen LogP contribution in [-0.2, 0) is 11.2 Å². The first-order valence-electron chi connectivity index (χ1n) is 7.64. The van der Waals surface area contributed by atoms with Crippen LogP contribution < -0.4 is 10.5 Å². The van der Waals surface area contributed by atoms with Gasteiger partial charge in [-0.1, -0.05) is 23.2 Å². The summed E-state index contributed by atoms with van der Waals surface area (Å²) >= 11 is 12.9. The summed E-state index contributed by atoms with van der Waals surface area (Å²) < 4.78 is 5.50. The van der Waals surface area contributed by atoms with E-state index in [2.05, 4.69) is 0 Å². The molecule has 0 amide bonds. The van der Waals surface area contributed by atoms with Crippen LogP contribution in [-0.4, -0.2) is 18.2 Å². The van der Waals surface area contributed by atoms with Crippen molar-refractivity contribution >= 4 is 52.8 Å². The lowest BCUT2D eigenvalue weighted by molar-refractivity contribution is -0.118. The van der Waals surface area contributed by atoms with Crippen LogP contribution in [0.3, 0.4) is 0 Å². The molecule has 0 radical (unpaired) electrons. The molecule has 0 heterocycles. The molecule has 128 valence electrons. The van der Waals surface area contributed by atoms with Gasteiger partial charge >= 0.3 is 0 Å². The Bertz CT molecular complexity index is 791. The number of ether oxygens (including phenoxy) is 1. The summed E-state index contributed by atoms with van der Waals surface area (Å²) in [6, 6.07) is 1.89. The number of nitrogens with two attached hydrogens (primary N) is 1. The van der Waals surface area contributed by atoms with E-state index in [1.807, 2.05) is 6.07 Å². The van der Waals surface area contributed by atoms with E-state index < -0.39 is 0 Å². The second kappa shape index (κ2) is 5.94. The highest BCUT2D eigenvalue weighted by atomic mass is 35.5. The Kier molecular flexibility index (Phi) is 4.35. The van der Waals surface area contributed by atoms with E-state index in [-0.39, 0.29) is 42.0 Å². The van der Waals surface area contributed by atoms with Crippen molar-refractivity contribution in [1.29, 1.82) is 5.41 Å². The Hall–Kier alpha value is -1.23. The number of halogens is 3. The summed E-state index contributed by atoms with van der Waals surface area (Å²) in [6.45, 7) is -0.0246. The van der Waals surface area contributed by atoms with E-state index in [1.54, 1.807) is 6.08 Å². The first-order chi connectivity index (χ1) is 10.9. The summed E-state index contributed by atoms with van der Waals surface area (Å²) in [4.78, 5) is 12.2. The van der Waals surface area contributed by atoms with Crippen molar-refractivity contribution in [2.24, 2.45) is 17.1 Å². The molecular formula is C17H17Cl3N2O2. The second-order valence-corrected chi connectivity index (χ2v) is 7.46. The van der Waals surface area contributed by atoms with Crippen molar-refractivity contribution in [3.05, 3.63) is 33.3 Å². The summed E-state index contributed by atoms with van der Waals surface area (Å²) in [5.74, 6) is 0.750. The van der Waals surface area contributed by atoms with Gasteiger partial charge < -0.3 is 10.5 Å². The van der Waals surface area contributed by atoms with Crippen molar-refractivity contribution in [1.82, 2.24) is 0 Å². The van der Waals surface area contributed by atoms with E-state index in [0.717, 1.165) is 42.4 Å². The molecule has 1 spiro atoms. The number of fused-ring (bicyclic) bond motifs is 3. The molecule has 1 fully saturated rings. The zero-order valence-electron chi connectivity index (χ0n) is 12.8. The number of carbonyl (C=O) groups excluding carboxylic acids is 1. The molecule has 3 aliphatic carbocycles. The van der Waals surface area contributed by atoms with Gasteiger partial charge in [0.15, 0.2) is 5.78 Å². The smallest absolute Gasteiger partial charge is 0.159 e. The summed E-state index contributed by atoms with van der Waals surface area (Å²) in [6.07, 6.45) is 5.52. The Labute approximate surface area is 156 Å². The van der Waals surface area contributed by atoms with E-state index in [1.165, 1.54) is 0 Å². The predicted molar refractivity (Wildman–Crippen MR) is 97.6 cm³/mol. The molecule has 4 rings (SSSR count). The maximum absolute atomic E-state index is 12.2. The van der Waals surface area contributed by atoms with Gasteiger partial charge in [-0.15, -0.1) is 12.4 Å². The fourth-order valence-electron chi connectivity index (χ4n) is 4.33. The van der Waals surface area contributed by atoms with Gasteiger partial charge in [0.25, 0.3) is 0 Å². The number of carbonyl (C=O) groups is 1. The summed E-state index contributed by atoms with van der Waals surface area (Å²) in [5, 5.41) is 8.02. The maximum Gasteiger partial charge on any atom is 0.159 e. The number of ketones is 1. The third-order valence-electron chi connectivity index (χ3n) is 5.31. The number of hydrogen-bond donors (Lipinski definition) is 2. The fraction of sp³-hybridized carbons (Fsp3) is 0.412. The van der Waals surface area contributed by atoms with E-state index in [4.69, 9.17) is 39.1 Å². The van der Waals surface area contributed by atoms with Crippen LogP contribution in [0.4, 0.5) is 0 Å². The van der Waals surface area contributed by atoms with Gasteiger partial charge in [-0.05, 0) is 49.0 Å². The van der Waals surface area contributed by atoms with Gasteiger partial charge in [0.2, 0.25) is 0 Å². The average molecular weight is 388 g/mol. The van der Waals surface area contributed by atoms with Crippen LogP contribution >= 0.6 is 35.6 Å². The van der Waals surface area contributed by atoms with Crippen molar-refractivity contribution in [3.8, 4) is 5.75 Å². The minimum atomic E-state index is -0.0723. The van der Waals surface area contributed by atoms with Crippen molar-refractivity contribution < 1.29 is 9.53 Å². The molecule has 4 nitrogen and oxygen atoms in total. The van der Waals surface area contributed by atoms with Crippen LogP contribution in [0.1, 0.15) is 30.4 Å². The molecule has 1 aromatic rings. The molecule has 24 heavy (non-hydrogen) atoms. The monoisotopic (exact) mass is 386 g/mol. The normalized spacial score (nSPS) is 26.3. The van der Waals surface area contributed by atoms with Crippen molar-refractivity contribution in [3.63, 3.8) is 0 Å². The Morgan fingerprint density at radius 1 is 1.42 bits per heavy atom. The number of benzene rings is 1. The first-order valence-corrected chi connectivity index (χ1v) is 8.40. The van der Waals surface area contributed by atoms with Crippen LogP contribution in [0, 0.1) is 16.7 Å². The van der Waals surface area contributed by atoms with Crippen LogP contribution in [0.25, 0.3) is 5.57 Å². The number of nitrogens with one attached hydrogen (secondary N) is 1. The molecular weight excluding hydrogens is 371 g/mol. The van der Waals surface area contributed by atoms with E-state index >= 15 is 0 Å². The molecule has 1 saturated carbocycles. The quantitative estimate of drug-likeness (QED) is 0.607. The van der Waals surface area contributed by atoms with Gasteiger partial charge in [0.05, 0.1) is 5.02 Å². The van der Waals surface area contributed by atoms with Gasteiger partial charge in [-0.2, -0.15) is 0 Å². The molecule has 2 atom stereocenters. The maximum atomic E-state index is 12.2. The number of rotatable bonds is 3. The Morgan fingerprint density at radius 2 is 2.17 bits per heavy atom. The largest absolute Gasteiger partial charge is 0.484 e. The highest BCUT2D eigenvalue weighted by Crippen LogP contribution is 2.62. The topological polar surface area (TPSA) is 76.2 Å². The lowest BCUT2D eigenvalue weighted by atomic mass is 9.74. The van der Waals surface area contributed by atoms with Crippen molar-refractivity contribution in [2.75, 3.05) is 6.61 Å². The van der Waals surface area contributed by atoms with Gasteiger partial charge in [-0.3, -0.25) is 10.2 Å². The van der Waals surface area contributed by atoms with Gasteiger partial charge in [-0.25, -0.2) is 0 Å². The fourth-order valence-corrected chi connectivity index (χ4v) is 4.85. The molecule has 2 bridgehead atoms. The van der Waals surface area contributed by atoms with E-state index in [9.17, 15) is 4.79 Å². The van der Waals surface area contributed by atoms with Crippen LogP contribution in [0.5, 0.6) is 5.75 Å². The summed E-state index contributed by atoms with van der Waals surface area (Å²) in [7, 11) is 0. The third kappa shape index (κ3) is 2.43. The van der Waals surface area contributed by atoms with Crippen LogP contribution in [0.2, 0.25) is 10.0 Å². The van der Waals surface area contributed by atoms with Crippen molar-refractivity contribution in [2.45, 2.75) is 25.7 Å². The lowest BCUT2D eigenvalue weighted by Crippen LogP contribution is -2.23. The number of allylic oxidation sites excluding steroid dienone is 2. The van der Waals surface area contributed by atoms with Gasteiger partial charge in [0.1, 0.15) is 23.2 Å². The molecule has 0 aliphatic heterocycles. The SMILES string of the molecule is Cl.N=C(N)COc1cc2c(c(Cl)c1Cl)C1=CC(=O)C3CCC1(C2)C3. The minimum Gasteiger partial charge on any atom is -0.484 e. The standard InChI is InChI=1S/C17H16Cl2N2O2.ClH/c18-15-12(23-7-13(20)21)3-9-6-17-2-1-8(5-17)11(22)4-10(17)14(9)16(15)19;/h3-4,8H,1-2,5-7H2,(H3,20,21);1H. The Balaban J connectivity index is 0.00000169. The second-order valence-electron chi connectivity index (χ2n) is 6.71. The molecule has 2 unspecified atom stereocenters. The molecule has 3 N–H and O–H groups in total. The predicted octanol–water partition coefficient (Wildman–Crippen LogP) is 4.04. The zero-order valence-corrected chi connectivity index (χ0v) is 15.2. The summed E-state index contributed by atoms with van der Waals surface area (Å²) in [5.41, 5.74) is 8.39. The average Bonchev–Trinajstić information content (AvgIpc) is 3.02. The minimum absolute atomic E-state index is 0. The van der Waals surface area contributed by atoms with E-state index in [0.29, 0.717) is 15.8 Å². The molecule has 3 aliphatic rings. The molecule has 7 heteroatoms. The highest BCUT2D eigenvalue weighted by Gasteiger charge is 2.52. The van der Waals surface area contributed by atoms with Gasteiger partial charge in [0, 0.05) is 16.9 Å². The first kappa shape index (κ1) is 17.6. The number of amidine groups is 1. The highest BCUT2D eigenvalue weighted by molar-refractivity contribution is 6.44. The Morgan fingerprint density at radius 3 is 2.88 bits per heavy atom. The zero-order chi connectivity index (χ0) is 16.4. The van der Waals surface area contributed by atoms with Crippen LogP contribution in [0.15, 0.2) is 12.1 Å². The lowest BCUT2D eigenvalue weighted by Gasteiger charge is -2.29.